The molecule has 0 atom stereocenters. The first-order chi connectivity index (χ1) is 10.2. The zero-order valence-electron chi connectivity index (χ0n) is 12.0. The number of ether oxygens (including phenoxy) is 2. The first kappa shape index (κ1) is 15.6. The Labute approximate surface area is 128 Å². The van der Waals surface area contributed by atoms with Crippen LogP contribution in [0.25, 0.3) is 0 Å². The van der Waals surface area contributed by atoms with Crippen LogP contribution in [0.15, 0.2) is 36.4 Å². The van der Waals surface area contributed by atoms with Gasteiger partial charge in [0.05, 0.1) is 12.1 Å². The molecule has 0 unspecified atom stereocenters. The number of para-hydroxylation sites is 1. The third kappa shape index (κ3) is 3.65. The molecule has 0 fully saturated rings. The molecule has 2 aromatic rings. The summed E-state index contributed by atoms with van der Waals surface area (Å²) in [5.41, 5.74) is 1.35. The van der Waals surface area contributed by atoms with Gasteiger partial charge in [-0.3, -0.25) is 0 Å². The highest BCUT2D eigenvalue weighted by Crippen LogP contribution is 2.30. The molecule has 2 aromatic carbocycles. The van der Waals surface area contributed by atoms with Crippen LogP contribution in [0.5, 0.6) is 11.5 Å². The Balaban J connectivity index is 2.20. The van der Waals surface area contributed by atoms with E-state index in [-0.39, 0.29) is 12.4 Å². The predicted molar refractivity (Wildman–Crippen MR) is 81.5 cm³/mol. The molecule has 0 aliphatic rings. The average molecular weight is 310 g/mol. The summed E-state index contributed by atoms with van der Waals surface area (Å²) in [6, 6.07) is 10.5. The lowest BCUT2D eigenvalue weighted by molar-refractivity contribution is 0.292. The number of halogens is 2. The average Bonchev–Trinajstić information content (AvgIpc) is 2.48. The SMILES string of the molecule is CNCc1cccc(Cl)c1OCc1cccc(OC)c1F. The Bertz CT molecular complexity index is 619. The van der Waals surface area contributed by atoms with Crippen molar-refractivity contribution in [3.05, 3.63) is 58.4 Å². The smallest absolute Gasteiger partial charge is 0.171 e. The van der Waals surface area contributed by atoms with Crippen molar-refractivity contribution in [1.82, 2.24) is 5.32 Å². The fourth-order valence-corrected chi connectivity index (χ4v) is 2.27. The minimum absolute atomic E-state index is 0.0868. The lowest BCUT2D eigenvalue weighted by Gasteiger charge is -2.14. The van der Waals surface area contributed by atoms with Gasteiger partial charge in [-0.1, -0.05) is 35.9 Å². The molecular weight excluding hydrogens is 293 g/mol. The minimum Gasteiger partial charge on any atom is -0.494 e. The normalized spacial score (nSPS) is 10.5. The van der Waals surface area contributed by atoms with Crippen LogP contribution in [-0.4, -0.2) is 14.2 Å². The third-order valence-electron chi connectivity index (χ3n) is 3.05. The van der Waals surface area contributed by atoms with E-state index >= 15 is 0 Å². The van der Waals surface area contributed by atoms with E-state index in [1.54, 1.807) is 24.3 Å². The van der Waals surface area contributed by atoms with Crippen molar-refractivity contribution >= 4 is 11.6 Å². The maximum atomic E-state index is 14.1. The van der Waals surface area contributed by atoms with Crippen molar-refractivity contribution in [1.29, 1.82) is 0 Å². The van der Waals surface area contributed by atoms with Crippen molar-refractivity contribution in [2.24, 2.45) is 0 Å². The highest BCUT2D eigenvalue weighted by molar-refractivity contribution is 6.32. The molecule has 5 heteroatoms. The monoisotopic (exact) mass is 309 g/mol. The van der Waals surface area contributed by atoms with E-state index in [0.29, 0.717) is 22.9 Å². The standard InChI is InChI=1S/C16H17ClFNO2/c1-19-9-11-5-3-7-13(17)16(11)21-10-12-6-4-8-14(20-2)15(12)18/h3-8,19H,9-10H2,1-2H3. The third-order valence-corrected chi connectivity index (χ3v) is 3.35. The predicted octanol–water partition coefficient (Wildman–Crippen LogP) is 3.79. The summed E-state index contributed by atoms with van der Waals surface area (Å²) in [7, 11) is 3.27. The van der Waals surface area contributed by atoms with E-state index < -0.39 is 5.82 Å². The lowest BCUT2D eigenvalue weighted by Crippen LogP contribution is -2.08. The molecule has 0 aliphatic heterocycles. The molecule has 2 rings (SSSR count). The van der Waals surface area contributed by atoms with E-state index in [1.165, 1.54) is 7.11 Å². The quantitative estimate of drug-likeness (QED) is 0.880. The van der Waals surface area contributed by atoms with Crippen LogP contribution in [0.1, 0.15) is 11.1 Å². The summed E-state index contributed by atoms with van der Waals surface area (Å²) < 4.78 is 24.8. The van der Waals surface area contributed by atoms with Crippen LogP contribution >= 0.6 is 11.6 Å². The van der Waals surface area contributed by atoms with Gasteiger partial charge in [-0.15, -0.1) is 0 Å². The summed E-state index contributed by atoms with van der Waals surface area (Å²) in [5, 5.41) is 3.55. The van der Waals surface area contributed by atoms with Crippen molar-refractivity contribution in [2.75, 3.05) is 14.2 Å². The van der Waals surface area contributed by atoms with Crippen LogP contribution in [0, 0.1) is 5.82 Å². The van der Waals surface area contributed by atoms with Crippen molar-refractivity contribution in [3.63, 3.8) is 0 Å². The van der Waals surface area contributed by atoms with E-state index in [2.05, 4.69) is 5.32 Å². The molecule has 0 amide bonds. The summed E-state index contributed by atoms with van der Waals surface area (Å²) in [5.74, 6) is 0.351. The molecule has 21 heavy (non-hydrogen) atoms. The highest BCUT2D eigenvalue weighted by Gasteiger charge is 2.12. The fourth-order valence-electron chi connectivity index (χ4n) is 2.02. The zero-order chi connectivity index (χ0) is 15.2. The Hall–Kier alpha value is -1.78. The van der Waals surface area contributed by atoms with Crippen LogP contribution in [-0.2, 0) is 13.2 Å². The minimum atomic E-state index is -0.415. The number of hydrogen-bond donors (Lipinski definition) is 1. The molecule has 0 aliphatic carbocycles. The molecule has 0 heterocycles. The maximum Gasteiger partial charge on any atom is 0.171 e. The number of benzene rings is 2. The van der Waals surface area contributed by atoms with Crippen LogP contribution in [0.2, 0.25) is 5.02 Å². The molecule has 0 aromatic heterocycles. The Kier molecular flexibility index (Phi) is 5.42. The second kappa shape index (κ2) is 7.29. The van der Waals surface area contributed by atoms with E-state index in [4.69, 9.17) is 21.1 Å². The Morgan fingerprint density at radius 1 is 1.14 bits per heavy atom. The summed E-state index contributed by atoms with van der Waals surface area (Å²) in [6.07, 6.45) is 0. The first-order valence-electron chi connectivity index (χ1n) is 6.53. The van der Waals surface area contributed by atoms with Gasteiger partial charge in [0.2, 0.25) is 0 Å². The van der Waals surface area contributed by atoms with E-state index in [0.717, 1.165) is 5.56 Å². The lowest BCUT2D eigenvalue weighted by atomic mass is 10.2. The molecule has 0 saturated carbocycles. The van der Waals surface area contributed by atoms with Crippen LogP contribution in [0.3, 0.4) is 0 Å². The molecule has 3 nitrogen and oxygen atoms in total. The second-order valence-corrected chi connectivity index (χ2v) is 4.89. The first-order valence-corrected chi connectivity index (χ1v) is 6.91. The summed E-state index contributed by atoms with van der Waals surface area (Å²) in [6.45, 7) is 0.708. The van der Waals surface area contributed by atoms with Gasteiger partial charge in [-0.05, 0) is 19.2 Å². The highest BCUT2D eigenvalue weighted by atomic mass is 35.5. The molecular formula is C16H17ClFNO2. The van der Waals surface area contributed by atoms with E-state index in [1.807, 2.05) is 19.2 Å². The van der Waals surface area contributed by atoms with Crippen LogP contribution in [0.4, 0.5) is 4.39 Å². The number of methoxy groups -OCH3 is 1. The molecule has 1 N–H and O–H groups in total. The van der Waals surface area contributed by atoms with Gasteiger partial charge in [0.25, 0.3) is 0 Å². The number of hydrogen-bond acceptors (Lipinski definition) is 3. The topological polar surface area (TPSA) is 30.5 Å². The Morgan fingerprint density at radius 2 is 1.86 bits per heavy atom. The number of rotatable bonds is 6. The Morgan fingerprint density at radius 3 is 2.57 bits per heavy atom. The van der Waals surface area contributed by atoms with Gasteiger partial charge in [-0.25, -0.2) is 4.39 Å². The second-order valence-electron chi connectivity index (χ2n) is 4.48. The maximum absolute atomic E-state index is 14.1. The molecule has 0 bridgehead atoms. The molecule has 0 saturated heterocycles. The molecule has 0 radical (unpaired) electrons. The van der Waals surface area contributed by atoms with Gasteiger partial charge < -0.3 is 14.8 Å². The van der Waals surface area contributed by atoms with Gasteiger partial charge in [0, 0.05) is 17.7 Å². The summed E-state index contributed by atoms with van der Waals surface area (Å²) >= 11 is 6.16. The van der Waals surface area contributed by atoms with Gasteiger partial charge in [0.15, 0.2) is 11.6 Å². The molecule has 112 valence electrons. The van der Waals surface area contributed by atoms with E-state index in [9.17, 15) is 4.39 Å². The van der Waals surface area contributed by atoms with Crippen molar-refractivity contribution in [2.45, 2.75) is 13.2 Å². The largest absolute Gasteiger partial charge is 0.494 e. The van der Waals surface area contributed by atoms with Gasteiger partial charge in [0.1, 0.15) is 12.4 Å². The van der Waals surface area contributed by atoms with Gasteiger partial charge >= 0.3 is 0 Å². The molecule has 0 spiro atoms. The van der Waals surface area contributed by atoms with Crippen molar-refractivity contribution in [3.8, 4) is 11.5 Å². The van der Waals surface area contributed by atoms with Gasteiger partial charge in [-0.2, -0.15) is 0 Å². The van der Waals surface area contributed by atoms with Crippen molar-refractivity contribution < 1.29 is 13.9 Å². The van der Waals surface area contributed by atoms with Crippen LogP contribution < -0.4 is 14.8 Å². The fraction of sp³-hybridized carbons (Fsp3) is 0.250. The zero-order valence-corrected chi connectivity index (χ0v) is 12.7. The number of nitrogens with one attached hydrogen (secondary N) is 1. The summed E-state index contributed by atoms with van der Waals surface area (Å²) in [4.78, 5) is 0.